The quantitative estimate of drug-likeness (QED) is 0.862. The number of amides is 1. The van der Waals surface area contributed by atoms with Crippen molar-refractivity contribution < 1.29 is 9.53 Å². The molecule has 0 N–H and O–H groups in total. The predicted molar refractivity (Wildman–Crippen MR) is 88.5 cm³/mol. The molecule has 2 aromatic rings. The van der Waals surface area contributed by atoms with E-state index in [1.54, 1.807) is 7.11 Å². The van der Waals surface area contributed by atoms with Crippen LogP contribution in [-0.4, -0.2) is 39.2 Å². The molecular weight excluding hydrogens is 312 g/mol. The van der Waals surface area contributed by atoms with Gasteiger partial charge in [0.2, 0.25) is 0 Å². The molecule has 2 aromatic heterocycles. The topological polar surface area (TPSA) is 60.2 Å². The predicted octanol–water partition coefficient (Wildman–Crippen LogP) is 2.62. The number of hydrogen-bond donors (Lipinski definition) is 0. The Hall–Kier alpha value is -1.73. The monoisotopic (exact) mass is 334 g/mol. The molecule has 1 aliphatic heterocycles. The van der Waals surface area contributed by atoms with Crippen LogP contribution in [0.25, 0.3) is 0 Å². The average molecular weight is 334 g/mol. The number of methoxy groups -OCH3 is 1. The number of likely N-dealkylation sites (tertiary alicyclic amines) is 1. The second kappa shape index (κ2) is 6.41. The van der Waals surface area contributed by atoms with Crippen molar-refractivity contribution >= 4 is 17.2 Å². The van der Waals surface area contributed by atoms with Gasteiger partial charge in [0.05, 0.1) is 18.3 Å². The molecule has 124 valence electrons. The van der Waals surface area contributed by atoms with Gasteiger partial charge in [-0.1, -0.05) is 0 Å². The molecule has 1 amide bonds. The maximum atomic E-state index is 12.9. The van der Waals surface area contributed by atoms with Gasteiger partial charge >= 0.3 is 0 Å². The van der Waals surface area contributed by atoms with E-state index in [4.69, 9.17) is 4.74 Å². The third-order valence-electron chi connectivity index (χ3n) is 4.45. The Morgan fingerprint density at radius 2 is 2.26 bits per heavy atom. The second-order valence-electron chi connectivity index (χ2n) is 5.92. The largest absolute Gasteiger partial charge is 0.378 e. The third-order valence-corrected chi connectivity index (χ3v) is 5.27. The summed E-state index contributed by atoms with van der Waals surface area (Å²) in [6.45, 7) is 5.30. The molecule has 1 saturated heterocycles. The fourth-order valence-electron chi connectivity index (χ4n) is 3.33. The molecule has 7 heteroatoms. The number of carbonyl (C=O) groups excluding carboxylic acids is 1. The molecule has 0 unspecified atom stereocenters. The van der Waals surface area contributed by atoms with Gasteiger partial charge in [-0.15, -0.1) is 11.3 Å². The Kier molecular flexibility index (Phi) is 4.50. The first-order chi connectivity index (χ1) is 11.0. The van der Waals surface area contributed by atoms with Gasteiger partial charge in [0.15, 0.2) is 0 Å². The van der Waals surface area contributed by atoms with Gasteiger partial charge in [-0.3, -0.25) is 9.48 Å². The molecule has 3 rings (SSSR count). The number of rotatable bonds is 4. The fraction of sp³-hybridized carbons (Fsp3) is 0.562. The number of nitrogens with zero attached hydrogens (tertiary/aromatic N) is 4. The zero-order valence-corrected chi connectivity index (χ0v) is 14.8. The summed E-state index contributed by atoms with van der Waals surface area (Å²) in [6.07, 6.45) is 1.99. The lowest BCUT2D eigenvalue weighted by atomic mass is 10.0. The zero-order valence-electron chi connectivity index (χ0n) is 14.0. The van der Waals surface area contributed by atoms with Gasteiger partial charge in [0, 0.05) is 37.3 Å². The molecule has 0 saturated carbocycles. The first-order valence-corrected chi connectivity index (χ1v) is 8.65. The number of thiazole rings is 1. The van der Waals surface area contributed by atoms with Crippen molar-refractivity contribution in [3.05, 3.63) is 33.0 Å². The lowest BCUT2D eigenvalue weighted by molar-refractivity contribution is 0.0729. The second-order valence-corrected chi connectivity index (χ2v) is 6.87. The highest BCUT2D eigenvalue weighted by Crippen LogP contribution is 2.36. The summed E-state index contributed by atoms with van der Waals surface area (Å²) in [5.41, 5.74) is 3.84. The van der Waals surface area contributed by atoms with Crippen LogP contribution in [0.15, 0.2) is 5.38 Å². The highest BCUT2D eigenvalue weighted by Gasteiger charge is 2.34. The van der Waals surface area contributed by atoms with Crippen molar-refractivity contribution in [1.82, 2.24) is 19.7 Å². The summed E-state index contributed by atoms with van der Waals surface area (Å²) in [5.74, 6) is 0.00811. The summed E-state index contributed by atoms with van der Waals surface area (Å²) < 4.78 is 6.98. The molecule has 23 heavy (non-hydrogen) atoms. The van der Waals surface area contributed by atoms with Gasteiger partial charge in [-0.05, 0) is 26.7 Å². The number of aromatic nitrogens is 3. The smallest absolute Gasteiger partial charge is 0.273 e. The van der Waals surface area contributed by atoms with Gasteiger partial charge in [0.1, 0.15) is 10.7 Å². The minimum atomic E-state index is 0.00811. The van der Waals surface area contributed by atoms with E-state index < -0.39 is 0 Å². The molecule has 6 nitrogen and oxygen atoms in total. The molecule has 1 atom stereocenters. The molecule has 0 aliphatic carbocycles. The zero-order chi connectivity index (χ0) is 16.6. The SMILES string of the molecule is COCc1nc(C(=O)N2CCC[C@H]2c2c(C)nn(C)c2C)cs1. The van der Waals surface area contributed by atoms with Crippen LogP contribution in [-0.2, 0) is 18.4 Å². The lowest BCUT2D eigenvalue weighted by Gasteiger charge is -2.24. The van der Waals surface area contributed by atoms with Crippen molar-refractivity contribution in [2.75, 3.05) is 13.7 Å². The summed E-state index contributed by atoms with van der Waals surface area (Å²) in [4.78, 5) is 19.2. The summed E-state index contributed by atoms with van der Waals surface area (Å²) in [7, 11) is 3.58. The average Bonchev–Trinajstić information content (AvgIpc) is 3.20. The fourth-order valence-corrected chi connectivity index (χ4v) is 4.07. The van der Waals surface area contributed by atoms with Gasteiger partial charge < -0.3 is 9.64 Å². The van der Waals surface area contributed by atoms with E-state index in [2.05, 4.69) is 17.0 Å². The van der Waals surface area contributed by atoms with E-state index in [0.717, 1.165) is 35.8 Å². The van der Waals surface area contributed by atoms with Crippen molar-refractivity contribution in [3.8, 4) is 0 Å². The Bertz CT molecular complexity index is 722. The van der Waals surface area contributed by atoms with Gasteiger partial charge in [-0.25, -0.2) is 4.98 Å². The van der Waals surface area contributed by atoms with Crippen LogP contribution in [0, 0.1) is 13.8 Å². The summed E-state index contributed by atoms with van der Waals surface area (Å²) >= 11 is 1.47. The van der Waals surface area contributed by atoms with Gasteiger partial charge in [0.25, 0.3) is 5.91 Å². The van der Waals surface area contributed by atoms with Crippen LogP contribution in [0.3, 0.4) is 0 Å². The summed E-state index contributed by atoms with van der Waals surface area (Å²) in [5, 5.41) is 7.16. The van der Waals surface area contributed by atoms with Crippen LogP contribution in [0.5, 0.6) is 0 Å². The van der Waals surface area contributed by atoms with E-state index in [1.807, 2.05) is 28.9 Å². The maximum absolute atomic E-state index is 12.9. The molecular formula is C16H22N4O2S. The maximum Gasteiger partial charge on any atom is 0.273 e. The molecule has 0 spiro atoms. The standard InChI is InChI=1S/C16H22N4O2S/c1-10-15(11(2)19(3)18-10)13-6-5-7-20(13)16(21)12-9-23-14(17-12)8-22-4/h9,13H,5-8H2,1-4H3/t13-/m0/s1. The van der Waals surface area contributed by atoms with E-state index in [-0.39, 0.29) is 11.9 Å². The van der Waals surface area contributed by atoms with E-state index in [0.29, 0.717) is 12.3 Å². The first kappa shape index (κ1) is 16.1. The van der Waals surface area contributed by atoms with Crippen LogP contribution in [0.2, 0.25) is 0 Å². The number of hydrogen-bond acceptors (Lipinski definition) is 5. The van der Waals surface area contributed by atoms with Crippen LogP contribution < -0.4 is 0 Å². The van der Waals surface area contributed by atoms with E-state index in [9.17, 15) is 4.79 Å². The number of carbonyl (C=O) groups is 1. The Morgan fingerprint density at radius 3 is 2.91 bits per heavy atom. The van der Waals surface area contributed by atoms with Crippen LogP contribution in [0.1, 0.15) is 51.3 Å². The van der Waals surface area contributed by atoms with Crippen LogP contribution in [0.4, 0.5) is 0 Å². The van der Waals surface area contributed by atoms with Crippen molar-refractivity contribution in [1.29, 1.82) is 0 Å². The van der Waals surface area contributed by atoms with Gasteiger partial charge in [-0.2, -0.15) is 5.10 Å². The van der Waals surface area contributed by atoms with Crippen molar-refractivity contribution in [2.45, 2.75) is 39.3 Å². The molecule has 1 fully saturated rings. The normalized spacial score (nSPS) is 17.9. The minimum absolute atomic E-state index is 0.00811. The molecule has 0 aromatic carbocycles. The Balaban J connectivity index is 1.87. The molecule has 3 heterocycles. The number of aryl methyl sites for hydroxylation is 2. The first-order valence-electron chi connectivity index (χ1n) is 7.77. The van der Waals surface area contributed by atoms with Crippen molar-refractivity contribution in [2.24, 2.45) is 7.05 Å². The number of ether oxygens (including phenoxy) is 1. The lowest BCUT2D eigenvalue weighted by Crippen LogP contribution is -2.31. The Morgan fingerprint density at radius 1 is 1.48 bits per heavy atom. The van der Waals surface area contributed by atoms with Crippen molar-refractivity contribution in [3.63, 3.8) is 0 Å². The third kappa shape index (κ3) is 2.90. The van der Waals surface area contributed by atoms with E-state index in [1.165, 1.54) is 16.9 Å². The van der Waals surface area contributed by atoms with E-state index >= 15 is 0 Å². The molecule has 1 aliphatic rings. The Labute approximate surface area is 140 Å². The highest BCUT2D eigenvalue weighted by atomic mass is 32.1. The van der Waals surface area contributed by atoms with Crippen LogP contribution >= 0.6 is 11.3 Å². The highest BCUT2D eigenvalue weighted by molar-refractivity contribution is 7.09. The molecule has 0 bridgehead atoms. The summed E-state index contributed by atoms with van der Waals surface area (Å²) in [6, 6.07) is 0.101. The minimum Gasteiger partial charge on any atom is -0.378 e. The molecule has 0 radical (unpaired) electrons.